The van der Waals surface area contributed by atoms with Crippen LogP contribution in [0.3, 0.4) is 0 Å². The van der Waals surface area contributed by atoms with Crippen molar-refractivity contribution in [3.63, 3.8) is 0 Å². The third kappa shape index (κ3) is 5.31. The van der Waals surface area contributed by atoms with Crippen molar-refractivity contribution in [3.8, 4) is 0 Å². The van der Waals surface area contributed by atoms with Gasteiger partial charge in [0.25, 0.3) is 5.92 Å². The van der Waals surface area contributed by atoms with E-state index in [9.17, 15) is 23.4 Å². The minimum absolute atomic E-state index is 0.101. The maximum Gasteiger partial charge on any atom is 0.283 e. The molecule has 0 unspecified atom stereocenters. The summed E-state index contributed by atoms with van der Waals surface area (Å²) < 4.78 is 74.7. The number of alkyl halides is 2. The van der Waals surface area contributed by atoms with Gasteiger partial charge in [-0.1, -0.05) is 13.3 Å². The van der Waals surface area contributed by atoms with Crippen molar-refractivity contribution in [2.75, 3.05) is 32.8 Å². The summed E-state index contributed by atoms with van der Waals surface area (Å²) in [7, 11) is 0. The zero-order valence-corrected chi connectivity index (χ0v) is 22.0. The van der Waals surface area contributed by atoms with E-state index in [1.54, 1.807) is 6.92 Å². The molecule has 10 heteroatoms. The van der Waals surface area contributed by atoms with Crippen molar-refractivity contribution in [2.24, 2.45) is 5.92 Å². The highest BCUT2D eigenvalue weighted by molar-refractivity contribution is 5.85. The lowest BCUT2D eigenvalue weighted by Crippen LogP contribution is -2.50. The fraction of sp³-hybridized carbons (Fsp3) is 0.517. The lowest BCUT2D eigenvalue weighted by atomic mass is 9.85. The van der Waals surface area contributed by atoms with Gasteiger partial charge >= 0.3 is 0 Å². The van der Waals surface area contributed by atoms with Crippen molar-refractivity contribution in [1.82, 2.24) is 14.8 Å². The lowest BCUT2D eigenvalue weighted by Gasteiger charge is -2.43. The van der Waals surface area contributed by atoms with Gasteiger partial charge in [-0.3, -0.25) is 4.90 Å². The van der Waals surface area contributed by atoms with Gasteiger partial charge in [-0.2, -0.15) is 0 Å². The van der Waals surface area contributed by atoms with E-state index in [-0.39, 0.29) is 17.9 Å². The Morgan fingerprint density at radius 3 is 2.44 bits per heavy atom. The number of nitrogens with one attached hydrogen (secondary N) is 1. The first kappa shape index (κ1) is 28.0. The molecular formula is C29H34F5N3O2. The number of benzene rings is 2. The number of aliphatic hydroxyl groups is 2. The zero-order valence-electron chi connectivity index (χ0n) is 22.0. The molecule has 3 heterocycles. The molecule has 5 nitrogen and oxygen atoms in total. The van der Waals surface area contributed by atoms with Gasteiger partial charge in [0, 0.05) is 47.2 Å². The molecule has 3 aromatic rings. The van der Waals surface area contributed by atoms with Crippen LogP contribution in [0.4, 0.5) is 22.0 Å². The van der Waals surface area contributed by atoms with Crippen LogP contribution in [0.1, 0.15) is 61.2 Å². The quantitative estimate of drug-likeness (QED) is 0.316. The summed E-state index contributed by atoms with van der Waals surface area (Å²) in [6, 6.07) is 4.36. The third-order valence-corrected chi connectivity index (χ3v) is 8.19. The van der Waals surface area contributed by atoms with Crippen LogP contribution in [0.25, 0.3) is 10.9 Å². The Kier molecular flexibility index (Phi) is 7.76. The molecule has 0 amide bonds. The number of aliphatic hydroxyl groups excluding tert-OH is 2. The fourth-order valence-electron chi connectivity index (χ4n) is 6.08. The van der Waals surface area contributed by atoms with Gasteiger partial charge in [-0.25, -0.2) is 22.0 Å². The van der Waals surface area contributed by atoms with E-state index >= 15 is 8.78 Å². The summed E-state index contributed by atoms with van der Waals surface area (Å²) in [5.41, 5.74) is 1.11. The van der Waals surface area contributed by atoms with Crippen LogP contribution >= 0.6 is 0 Å². The first-order valence-corrected chi connectivity index (χ1v) is 13.5. The molecule has 2 aliphatic heterocycles. The van der Waals surface area contributed by atoms with Gasteiger partial charge in [0.05, 0.1) is 18.7 Å². The van der Waals surface area contributed by atoms with E-state index in [1.807, 2.05) is 0 Å². The summed E-state index contributed by atoms with van der Waals surface area (Å²) in [4.78, 5) is 6.55. The minimum atomic E-state index is -3.51. The molecule has 0 radical (unpaired) electrons. The number of hydrogen-bond acceptors (Lipinski definition) is 4. The Hall–Kier alpha value is -2.53. The molecular weight excluding hydrogens is 517 g/mol. The van der Waals surface area contributed by atoms with E-state index in [1.165, 1.54) is 23.1 Å². The standard InChI is InChI=1S/C29H34F5N3O2/c1-3-4-7-36-12-18(13-36)28(39)17-9-22(31)25(23(32)10-17)27-26-21(20-11-19(30)5-6-24(20)35-26)8-16(2)37(27)14-29(33,34)15-38/h5-6,9-11,16,18,27-28,35,38-39H,3-4,7-8,12-15H2,1-2H3/t16-,27-,28+/m1/s1. The maximum atomic E-state index is 15.8. The SMILES string of the molecule is CCCCN1CC([C@@H](O)c2cc(F)c([C@@H]3c4[nH]c5ccc(F)cc5c4C[C@@H](C)N3CC(F)(F)CO)c(F)c2)C1. The van der Waals surface area contributed by atoms with E-state index < -0.39 is 60.3 Å². The van der Waals surface area contributed by atoms with Crippen LogP contribution in [0, 0.1) is 23.4 Å². The third-order valence-electron chi connectivity index (χ3n) is 8.19. The van der Waals surface area contributed by atoms with Crippen molar-refractivity contribution < 1.29 is 32.2 Å². The predicted molar refractivity (Wildman–Crippen MR) is 138 cm³/mol. The molecule has 39 heavy (non-hydrogen) atoms. The van der Waals surface area contributed by atoms with Gasteiger partial charge in [0.2, 0.25) is 0 Å². The molecule has 2 aliphatic rings. The number of halogens is 5. The molecule has 2 aromatic carbocycles. The van der Waals surface area contributed by atoms with Crippen LogP contribution in [0.2, 0.25) is 0 Å². The largest absolute Gasteiger partial charge is 0.390 e. The topological polar surface area (TPSA) is 62.7 Å². The molecule has 3 N–H and O–H groups in total. The number of aromatic nitrogens is 1. The van der Waals surface area contributed by atoms with Crippen molar-refractivity contribution in [2.45, 2.75) is 57.2 Å². The number of H-pyrrole nitrogens is 1. The van der Waals surface area contributed by atoms with Crippen LogP contribution < -0.4 is 0 Å². The van der Waals surface area contributed by atoms with Gasteiger partial charge in [-0.15, -0.1) is 0 Å². The van der Waals surface area contributed by atoms with Crippen LogP contribution in [-0.4, -0.2) is 69.7 Å². The summed E-state index contributed by atoms with van der Waals surface area (Å²) in [5.74, 6) is -6.07. The first-order chi connectivity index (χ1) is 18.5. The molecule has 0 aliphatic carbocycles. The molecule has 1 saturated heterocycles. The first-order valence-electron chi connectivity index (χ1n) is 13.5. The Balaban J connectivity index is 1.54. The van der Waals surface area contributed by atoms with Crippen molar-refractivity contribution in [1.29, 1.82) is 0 Å². The molecule has 0 spiro atoms. The van der Waals surface area contributed by atoms with Crippen LogP contribution in [0.15, 0.2) is 30.3 Å². The minimum Gasteiger partial charge on any atom is -0.390 e. The monoisotopic (exact) mass is 551 g/mol. The average Bonchev–Trinajstić information content (AvgIpc) is 3.21. The van der Waals surface area contributed by atoms with E-state index in [0.717, 1.165) is 31.5 Å². The van der Waals surface area contributed by atoms with Crippen LogP contribution in [-0.2, 0) is 6.42 Å². The number of hydrogen-bond donors (Lipinski definition) is 3. The molecule has 5 rings (SSSR count). The summed E-state index contributed by atoms with van der Waals surface area (Å²) >= 11 is 0. The van der Waals surface area contributed by atoms with E-state index in [2.05, 4.69) is 16.8 Å². The van der Waals surface area contributed by atoms with Gasteiger partial charge in [0.15, 0.2) is 0 Å². The molecule has 1 aromatic heterocycles. The maximum absolute atomic E-state index is 15.8. The predicted octanol–water partition coefficient (Wildman–Crippen LogP) is 5.31. The number of rotatable bonds is 9. The van der Waals surface area contributed by atoms with Gasteiger partial charge in [-0.05, 0) is 67.8 Å². The highest BCUT2D eigenvalue weighted by atomic mass is 19.3. The fourth-order valence-corrected chi connectivity index (χ4v) is 6.08. The summed E-state index contributed by atoms with van der Waals surface area (Å²) in [6.07, 6.45) is 1.27. The van der Waals surface area contributed by atoms with Gasteiger partial charge in [0.1, 0.15) is 24.1 Å². The Labute approximate surface area is 224 Å². The van der Waals surface area contributed by atoms with E-state index in [4.69, 9.17) is 0 Å². The number of unbranched alkanes of at least 4 members (excludes halogenated alkanes) is 1. The number of likely N-dealkylation sites (tertiary alicyclic amines) is 1. The zero-order chi connectivity index (χ0) is 28.1. The molecule has 212 valence electrons. The number of nitrogens with zero attached hydrogens (tertiary/aromatic N) is 2. The molecule has 3 atom stereocenters. The summed E-state index contributed by atoms with van der Waals surface area (Å²) in [6.45, 7) is 3.58. The Bertz CT molecular complexity index is 1320. The second-order valence-corrected chi connectivity index (χ2v) is 11.1. The number of fused-ring (bicyclic) bond motifs is 3. The molecule has 0 bridgehead atoms. The van der Waals surface area contributed by atoms with Gasteiger partial charge < -0.3 is 20.1 Å². The van der Waals surface area contributed by atoms with Crippen molar-refractivity contribution in [3.05, 3.63) is 70.2 Å². The normalized spacial score (nSPS) is 21.8. The second kappa shape index (κ2) is 10.8. The smallest absolute Gasteiger partial charge is 0.283 e. The van der Waals surface area contributed by atoms with Crippen LogP contribution in [0.5, 0.6) is 0 Å². The Morgan fingerprint density at radius 2 is 1.79 bits per heavy atom. The highest BCUT2D eigenvalue weighted by Crippen LogP contribution is 2.44. The second-order valence-electron chi connectivity index (χ2n) is 11.1. The molecule has 0 saturated carbocycles. The summed E-state index contributed by atoms with van der Waals surface area (Å²) in [5, 5.41) is 20.6. The molecule has 1 fully saturated rings. The van der Waals surface area contributed by atoms with Crippen molar-refractivity contribution >= 4 is 10.9 Å². The highest BCUT2D eigenvalue weighted by Gasteiger charge is 2.44. The Morgan fingerprint density at radius 1 is 1.10 bits per heavy atom. The van der Waals surface area contributed by atoms with E-state index in [0.29, 0.717) is 35.2 Å². The lowest BCUT2D eigenvalue weighted by molar-refractivity contribution is -0.0869. The average molecular weight is 552 g/mol. The number of aromatic amines is 1.